The molecule has 1 heterocycles. The Bertz CT molecular complexity index is 812. The van der Waals surface area contributed by atoms with Crippen LogP contribution in [0.15, 0.2) is 64.0 Å². The van der Waals surface area contributed by atoms with Crippen molar-refractivity contribution in [3.05, 3.63) is 69.4 Å². The summed E-state index contributed by atoms with van der Waals surface area (Å²) < 4.78 is 8.49. The Hall–Kier alpha value is -2.14. The summed E-state index contributed by atoms with van der Waals surface area (Å²) in [5.41, 5.74) is 0.764. The van der Waals surface area contributed by atoms with Crippen molar-refractivity contribution in [3.63, 3.8) is 0 Å². The number of nitrogens with zero attached hydrogens (tertiary/aromatic N) is 2. The van der Waals surface area contributed by atoms with Gasteiger partial charge in [0.25, 0.3) is 0 Å². The highest BCUT2D eigenvalue weighted by Crippen LogP contribution is 2.16. The Morgan fingerprint density at radius 2 is 1.86 bits per heavy atom. The van der Waals surface area contributed by atoms with E-state index in [0.29, 0.717) is 18.5 Å². The van der Waals surface area contributed by atoms with Gasteiger partial charge in [0.1, 0.15) is 12.4 Å². The minimum atomic E-state index is -0.0596. The Morgan fingerprint density at radius 1 is 1.10 bits per heavy atom. The first-order chi connectivity index (χ1) is 10.2. The molecule has 106 valence electrons. The van der Waals surface area contributed by atoms with Crippen LogP contribution in [0.3, 0.4) is 0 Å². The molecule has 0 aliphatic heterocycles. The third-order valence-corrected chi connectivity index (χ3v) is 3.68. The normalized spacial score (nSPS) is 10.7. The molecule has 2 aromatic carbocycles. The van der Waals surface area contributed by atoms with E-state index in [1.807, 2.05) is 48.5 Å². The fourth-order valence-electron chi connectivity index (χ4n) is 2.12. The monoisotopic (exact) mass is 344 g/mol. The summed E-state index contributed by atoms with van der Waals surface area (Å²) in [6.07, 6.45) is 1.35. The van der Waals surface area contributed by atoms with Gasteiger partial charge in [-0.2, -0.15) is 5.10 Å². The van der Waals surface area contributed by atoms with Crippen LogP contribution in [0, 0.1) is 0 Å². The van der Waals surface area contributed by atoms with Gasteiger partial charge in [-0.3, -0.25) is 9.48 Å². The topological polar surface area (TPSA) is 44.1 Å². The summed E-state index contributed by atoms with van der Waals surface area (Å²) in [6.45, 7) is 1.07. The van der Waals surface area contributed by atoms with Gasteiger partial charge in [0.15, 0.2) is 0 Å². The largest absolute Gasteiger partial charge is 0.492 e. The predicted molar refractivity (Wildman–Crippen MR) is 85.6 cm³/mol. The summed E-state index contributed by atoms with van der Waals surface area (Å²) >= 11 is 3.38. The summed E-state index contributed by atoms with van der Waals surface area (Å²) in [4.78, 5) is 11.7. The van der Waals surface area contributed by atoms with Gasteiger partial charge >= 0.3 is 0 Å². The van der Waals surface area contributed by atoms with Crippen molar-refractivity contribution in [1.29, 1.82) is 0 Å². The lowest BCUT2D eigenvalue weighted by Gasteiger charge is -2.10. The van der Waals surface area contributed by atoms with E-state index >= 15 is 0 Å². The number of fused-ring (bicyclic) bond motifs is 1. The molecule has 0 radical (unpaired) electrons. The van der Waals surface area contributed by atoms with Gasteiger partial charge in [-0.1, -0.05) is 28.1 Å². The van der Waals surface area contributed by atoms with Crippen molar-refractivity contribution in [2.75, 3.05) is 6.61 Å². The maximum atomic E-state index is 11.7. The molecule has 3 rings (SSSR count). The molecule has 0 N–H and O–H groups in total. The highest BCUT2D eigenvalue weighted by Gasteiger charge is 2.03. The van der Waals surface area contributed by atoms with Crippen LogP contribution in [0.25, 0.3) is 10.9 Å². The summed E-state index contributed by atoms with van der Waals surface area (Å²) in [6, 6.07) is 15.1. The molecule has 0 saturated heterocycles. The van der Waals surface area contributed by atoms with Crippen LogP contribution in [-0.4, -0.2) is 16.4 Å². The zero-order valence-electron chi connectivity index (χ0n) is 11.2. The molecule has 0 bridgehead atoms. The number of halogens is 1. The van der Waals surface area contributed by atoms with E-state index in [2.05, 4.69) is 21.0 Å². The second kappa shape index (κ2) is 6.10. The van der Waals surface area contributed by atoms with Crippen LogP contribution in [0.4, 0.5) is 0 Å². The van der Waals surface area contributed by atoms with Gasteiger partial charge in [0.05, 0.1) is 18.3 Å². The van der Waals surface area contributed by atoms with Gasteiger partial charge in [-0.25, -0.2) is 0 Å². The lowest BCUT2D eigenvalue weighted by molar-refractivity contribution is 0.293. The smallest absolute Gasteiger partial charge is 0.207 e. The lowest BCUT2D eigenvalue weighted by Crippen LogP contribution is -2.16. The van der Waals surface area contributed by atoms with Crippen LogP contribution in [0.2, 0.25) is 0 Å². The number of hydrogen-bond donors (Lipinski definition) is 0. The van der Waals surface area contributed by atoms with Gasteiger partial charge in [-0.15, -0.1) is 0 Å². The Morgan fingerprint density at radius 3 is 2.67 bits per heavy atom. The van der Waals surface area contributed by atoms with Crippen molar-refractivity contribution < 1.29 is 4.74 Å². The molecule has 0 aliphatic rings. The molecule has 0 unspecified atom stereocenters. The van der Waals surface area contributed by atoms with E-state index in [0.717, 1.165) is 15.7 Å². The van der Waals surface area contributed by atoms with E-state index in [1.165, 1.54) is 6.20 Å². The maximum absolute atomic E-state index is 11.7. The molecule has 21 heavy (non-hydrogen) atoms. The van der Waals surface area contributed by atoms with Gasteiger partial charge in [0.2, 0.25) is 5.43 Å². The molecular formula is C16H13BrN2O2. The molecule has 0 saturated carbocycles. The van der Waals surface area contributed by atoms with Gasteiger partial charge in [0, 0.05) is 9.86 Å². The first-order valence-corrected chi connectivity index (χ1v) is 7.36. The lowest BCUT2D eigenvalue weighted by atomic mass is 10.2. The van der Waals surface area contributed by atoms with Gasteiger partial charge in [-0.05, 0) is 36.4 Å². The van der Waals surface area contributed by atoms with E-state index in [4.69, 9.17) is 4.74 Å². The third-order valence-electron chi connectivity index (χ3n) is 3.15. The summed E-state index contributed by atoms with van der Waals surface area (Å²) in [5, 5.41) is 4.85. The maximum Gasteiger partial charge on any atom is 0.207 e. The number of aromatic nitrogens is 2. The number of rotatable bonds is 4. The van der Waals surface area contributed by atoms with Crippen LogP contribution in [0.1, 0.15) is 0 Å². The first kappa shape index (κ1) is 13.8. The standard InChI is InChI=1S/C16H13BrN2O2/c17-12-5-7-13(8-6-12)21-10-9-19-15-4-2-1-3-14(15)16(20)11-18-19/h1-8,11H,9-10H2. The number of para-hydroxylation sites is 1. The zero-order chi connectivity index (χ0) is 14.7. The fourth-order valence-corrected chi connectivity index (χ4v) is 2.38. The fraction of sp³-hybridized carbons (Fsp3) is 0.125. The minimum Gasteiger partial charge on any atom is -0.492 e. The molecule has 0 amide bonds. The zero-order valence-corrected chi connectivity index (χ0v) is 12.8. The molecule has 0 spiro atoms. The van der Waals surface area contributed by atoms with Crippen molar-refractivity contribution in [3.8, 4) is 5.75 Å². The molecule has 5 heteroatoms. The Balaban J connectivity index is 1.75. The molecular weight excluding hydrogens is 332 g/mol. The SMILES string of the molecule is O=c1cnn(CCOc2ccc(Br)cc2)c2ccccc12. The summed E-state index contributed by atoms with van der Waals surface area (Å²) in [5.74, 6) is 0.809. The van der Waals surface area contributed by atoms with Crippen LogP contribution in [0.5, 0.6) is 5.75 Å². The molecule has 0 fully saturated rings. The Kier molecular flexibility index (Phi) is 4.01. The van der Waals surface area contributed by atoms with Gasteiger partial charge < -0.3 is 4.74 Å². The average Bonchev–Trinajstić information content (AvgIpc) is 2.52. The molecule has 1 aromatic heterocycles. The van der Waals surface area contributed by atoms with Crippen LogP contribution < -0.4 is 10.2 Å². The second-order valence-electron chi connectivity index (χ2n) is 4.55. The quantitative estimate of drug-likeness (QED) is 0.729. The van der Waals surface area contributed by atoms with Crippen molar-refractivity contribution in [2.45, 2.75) is 6.54 Å². The molecule has 0 atom stereocenters. The molecule has 4 nitrogen and oxygen atoms in total. The van der Waals surface area contributed by atoms with Crippen molar-refractivity contribution in [2.24, 2.45) is 0 Å². The van der Waals surface area contributed by atoms with E-state index in [9.17, 15) is 4.79 Å². The highest BCUT2D eigenvalue weighted by molar-refractivity contribution is 9.10. The van der Waals surface area contributed by atoms with Crippen molar-refractivity contribution >= 4 is 26.8 Å². The Labute approximate surface area is 130 Å². The van der Waals surface area contributed by atoms with E-state index in [-0.39, 0.29) is 5.43 Å². The minimum absolute atomic E-state index is 0.0596. The number of ether oxygens (including phenoxy) is 1. The summed E-state index contributed by atoms with van der Waals surface area (Å²) in [7, 11) is 0. The van der Waals surface area contributed by atoms with E-state index in [1.54, 1.807) is 4.68 Å². The van der Waals surface area contributed by atoms with E-state index < -0.39 is 0 Å². The molecule has 0 aliphatic carbocycles. The van der Waals surface area contributed by atoms with Crippen molar-refractivity contribution in [1.82, 2.24) is 9.78 Å². The first-order valence-electron chi connectivity index (χ1n) is 6.57. The van der Waals surface area contributed by atoms with Crippen LogP contribution >= 0.6 is 15.9 Å². The molecule has 3 aromatic rings. The number of hydrogen-bond acceptors (Lipinski definition) is 3. The van der Waals surface area contributed by atoms with Crippen LogP contribution in [-0.2, 0) is 6.54 Å². The number of benzene rings is 2. The third kappa shape index (κ3) is 3.13. The second-order valence-corrected chi connectivity index (χ2v) is 5.47. The predicted octanol–water partition coefficient (Wildman–Crippen LogP) is 3.24. The average molecular weight is 345 g/mol. The highest BCUT2D eigenvalue weighted by atomic mass is 79.9.